The largest absolute Gasteiger partial charge is 0.331 e. The van der Waals surface area contributed by atoms with Crippen LogP contribution >= 0.6 is 0 Å². The molecular formula is C23H21N3. The zero-order valence-electron chi connectivity index (χ0n) is 15.1. The van der Waals surface area contributed by atoms with Crippen molar-refractivity contribution in [2.24, 2.45) is 0 Å². The fraction of sp³-hybridized carbons (Fsp3) is 0.130. The van der Waals surface area contributed by atoms with Gasteiger partial charge in [-0.15, -0.1) is 0 Å². The van der Waals surface area contributed by atoms with Crippen molar-refractivity contribution in [3.05, 3.63) is 96.3 Å². The number of benzene rings is 2. The van der Waals surface area contributed by atoms with E-state index in [1.807, 2.05) is 29.4 Å². The van der Waals surface area contributed by atoms with E-state index >= 15 is 0 Å². The van der Waals surface area contributed by atoms with Crippen molar-refractivity contribution in [1.82, 2.24) is 14.5 Å². The molecule has 0 spiro atoms. The topological polar surface area (TPSA) is 30.7 Å². The molecule has 0 N–H and O–H groups in total. The molecule has 0 saturated heterocycles. The third-order valence-electron chi connectivity index (χ3n) is 4.67. The highest BCUT2D eigenvalue weighted by Crippen LogP contribution is 2.35. The van der Waals surface area contributed by atoms with Crippen LogP contribution in [-0.4, -0.2) is 14.5 Å². The van der Waals surface area contributed by atoms with E-state index < -0.39 is 0 Å². The second-order valence-corrected chi connectivity index (χ2v) is 6.60. The predicted molar refractivity (Wildman–Crippen MR) is 106 cm³/mol. The molecule has 0 atom stereocenters. The summed E-state index contributed by atoms with van der Waals surface area (Å²) in [6, 6.07) is 19.4. The van der Waals surface area contributed by atoms with Gasteiger partial charge in [0.25, 0.3) is 0 Å². The lowest BCUT2D eigenvalue weighted by Crippen LogP contribution is -2.02. The third kappa shape index (κ3) is 3.16. The standard InChI is InChI=1S/C23H21N3/c1-17-9-10-19(18(2)14-17)20-6-3-4-7-21(20)22-8-5-11-25-23(22)15-26-13-12-24-16-26/h3-14,16H,15H2,1-2H3. The molecule has 2 aromatic carbocycles. The van der Waals surface area contributed by atoms with Crippen LogP contribution in [0, 0.1) is 13.8 Å². The van der Waals surface area contributed by atoms with Gasteiger partial charge in [-0.25, -0.2) is 4.98 Å². The highest BCUT2D eigenvalue weighted by molar-refractivity contribution is 5.85. The summed E-state index contributed by atoms with van der Waals surface area (Å²) in [6.45, 7) is 5.01. The Kier molecular flexibility index (Phi) is 4.36. The van der Waals surface area contributed by atoms with Crippen LogP contribution in [0.25, 0.3) is 22.3 Å². The number of rotatable bonds is 4. The van der Waals surface area contributed by atoms with Crippen molar-refractivity contribution in [3.8, 4) is 22.3 Å². The lowest BCUT2D eigenvalue weighted by atomic mass is 9.91. The van der Waals surface area contributed by atoms with Crippen molar-refractivity contribution in [2.75, 3.05) is 0 Å². The summed E-state index contributed by atoms with van der Waals surface area (Å²) < 4.78 is 2.05. The lowest BCUT2D eigenvalue weighted by molar-refractivity contribution is 0.775. The predicted octanol–water partition coefficient (Wildman–Crippen LogP) is 5.28. The Morgan fingerprint density at radius 1 is 0.808 bits per heavy atom. The van der Waals surface area contributed by atoms with Gasteiger partial charge in [0, 0.05) is 24.2 Å². The van der Waals surface area contributed by atoms with Crippen LogP contribution < -0.4 is 0 Å². The quantitative estimate of drug-likeness (QED) is 0.506. The van der Waals surface area contributed by atoms with E-state index in [0.29, 0.717) is 6.54 Å². The van der Waals surface area contributed by atoms with Crippen LogP contribution in [0.4, 0.5) is 0 Å². The molecule has 0 aliphatic heterocycles. The van der Waals surface area contributed by atoms with E-state index in [1.165, 1.54) is 27.8 Å². The normalized spacial score (nSPS) is 10.8. The van der Waals surface area contributed by atoms with Gasteiger partial charge in [-0.2, -0.15) is 0 Å². The minimum Gasteiger partial charge on any atom is -0.331 e. The second kappa shape index (κ2) is 6.96. The molecule has 128 valence electrons. The molecule has 0 aliphatic rings. The summed E-state index contributed by atoms with van der Waals surface area (Å²) >= 11 is 0. The van der Waals surface area contributed by atoms with Gasteiger partial charge in [0.1, 0.15) is 0 Å². The van der Waals surface area contributed by atoms with Gasteiger partial charge in [0.2, 0.25) is 0 Å². The van der Waals surface area contributed by atoms with Gasteiger partial charge in [0.05, 0.1) is 18.6 Å². The first kappa shape index (κ1) is 16.3. The minimum absolute atomic E-state index is 0.706. The Hall–Kier alpha value is -3.20. The first-order valence-electron chi connectivity index (χ1n) is 8.79. The lowest BCUT2D eigenvalue weighted by Gasteiger charge is -2.15. The molecule has 0 amide bonds. The second-order valence-electron chi connectivity index (χ2n) is 6.60. The molecule has 3 heteroatoms. The minimum atomic E-state index is 0.706. The van der Waals surface area contributed by atoms with E-state index in [4.69, 9.17) is 0 Å². The molecule has 2 aromatic heterocycles. The average molecular weight is 339 g/mol. The van der Waals surface area contributed by atoms with Crippen molar-refractivity contribution >= 4 is 0 Å². The number of nitrogens with zero attached hydrogens (tertiary/aromatic N) is 3. The summed E-state index contributed by atoms with van der Waals surface area (Å²) in [4.78, 5) is 8.79. The summed E-state index contributed by atoms with van der Waals surface area (Å²) in [5.41, 5.74) is 8.50. The van der Waals surface area contributed by atoms with Gasteiger partial charge < -0.3 is 4.57 Å². The summed E-state index contributed by atoms with van der Waals surface area (Å²) in [6.07, 6.45) is 7.45. The molecule has 0 fully saturated rings. The van der Waals surface area contributed by atoms with Crippen LogP contribution in [-0.2, 0) is 6.54 Å². The van der Waals surface area contributed by atoms with Crippen LogP contribution in [0.15, 0.2) is 79.5 Å². The maximum absolute atomic E-state index is 4.65. The number of hydrogen-bond donors (Lipinski definition) is 0. The summed E-state index contributed by atoms with van der Waals surface area (Å²) in [5.74, 6) is 0. The zero-order chi connectivity index (χ0) is 17.9. The molecule has 26 heavy (non-hydrogen) atoms. The van der Waals surface area contributed by atoms with Crippen molar-refractivity contribution in [1.29, 1.82) is 0 Å². The first-order valence-corrected chi connectivity index (χ1v) is 8.79. The Morgan fingerprint density at radius 2 is 1.58 bits per heavy atom. The molecule has 4 aromatic rings. The van der Waals surface area contributed by atoms with Crippen LogP contribution in [0.3, 0.4) is 0 Å². The fourth-order valence-corrected chi connectivity index (χ4v) is 3.43. The molecule has 4 rings (SSSR count). The number of pyridine rings is 1. The van der Waals surface area contributed by atoms with Crippen LogP contribution in [0.1, 0.15) is 16.8 Å². The SMILES string of the molecule is Cc1ccc(-c2ccccc2-c2cccnc2Cn2ccnc2)c(C)c1. The molecule has 0 unspecified atom stereocenters. The Bertz CT molecular complexity index is 1030. The van der Waals surface area contributed by atoms with Crippen LogP contribution in [0.5, 0.6) is 0 Å². The number of hydrogen-bond acceptors (Lipinski definition) is 2. The van der Waals surface area contributed by atoms with Gasteiger partial charge >= 0.3 is 0 Å². The van der Waals surface area contributed by atoms with E-state index in [1.54, 1.807) is 6.20 Å². The fourth-order valence-electron chi connectivity index (χ4n) is 3.43. The van der Waals surface area contributed by atoms with Gasteiger partial charge in [-0.3, -0.25) is 4.98 Å². The van der Waals surface area contributed by atoms with Crippen LogP contribution in [0.2, 0.25) is 0 Å². The maximum atomic E-state index is 4.65. The van der Waals surface area contributed by atoms with Crippen molar-refractivity contribution < 1.29 is 0 Å². The summed E-state index contributed by atoms with van der Waals surface area (Å²) in [5, 5.41) is 0. The Balaban J connectivity index is 1.85. The Labute approximate surface area is 154 Å². The third-order valence-corrected chi connectivity index (χ3v) is 4.67. The van der Waals surface area contributed by atoms with Gasteiger partial charge in [0.15, 0.2) is 0 Å². The zero-order valence-corrected chi connectivity index (χ0v) is 15.1. The molecule has 0 bridgehead atoms. The molecule has 0 aliphatic carbocycles. The Morgan fingerprint density at radius 3 is 2.31 bits per heavy atom. The summed E-state index contributed by atoms with van der Waals surface area (Å²) in [7, 11) is 0. The van der Waals surface area contributed by atoms with E-state index in [9.17, 15) is 0 Å². The van der Waals surface area contributed by atoms with Crippen molar-refractivity contribution in [3.63, 3.8) is 0 Å². The molecule has 0 radical (unpaired) electrons. The maximum Gasteiger partial charge on any atom is 0.0949 e. The van der Waals surface area contributed by atoms with Gasteiger partial charge in [-0.1, -0.05) is 54.1 Å². The monoisotopic (exact) mass is 339 g/mol. The number of imidazole rings is 1. The van der Waals surface area contributed by atoms with E-state index in [-0.39, 0.29) is 0 Å². The molecule has 3 nitrogen and oxygen atoms in total. The smallest absolute Gasteiger partial charge is 0.0949 e. The van der Waals surface area contributed by atoms with Crippen molar-refractivity contribution in [2.45, 2.75) is 20.4 Å². The first-order chi connectivity index (χ1) is 12.7. The van der Waals surface area contributed by atoms with E-state index in [2.05, 4.69) is 72.3 Å². The average Bonchev–Trinajstić information content (AvgIpc) is 3.16. The van der Waals surface area contributed by atoms with Gasteiger partial charge in [-0.05, 0) is 42.2 Å². The number of aryl methyl sites for hydroxylation is 2. The molecule has 0 saturated carbocycles. The van der Waals surface area contributed by atoms with E-state index in [0.717, 1.165) is 11.3 Å². The number of aromatic nitrogens is 3. The highest BCUT2D eigenvalue weighted by Gasteiger charge is 2.13. The molecule has 2 heterocycles. The molecular weight excluding hydrogens is 318 g/mol. The highest BCUT2D eigenvalue weighted by atomic mass is 15.0.